The molecule has 0 bridgehead atoms. The quantitative estimate of drug-likeness (QED) is 0.596. The van der Waals surface area contributed by atoms with Gasteiger partial charge in [0.2, 0.25) is 0 Å². The van der Waals surface area contributed by atoms with Crippen molar-refractivity contribution in [1.82, 2.24) is 0 Å². The van der Waals surface area contributed by atoms with E-state index in [1.165, 1.54) is 37.3 Å². The lowest BCUT2D eigenvalue weighted by Gasteiger charge is -2.13. The normalized spacial score (nSPS) is 11.2. The molecule has 0 aliphatic heterocycles. The summed E-state index contributed by atoms with van der Waals surface area (Å²) in [5, 5.41) is 0. The van der Waals surface area contributed by atoms with Crippen LogP contribution in [0.15, 0.2) is 47.4 Å². The molecule has 0 heterocycles. The molecule has 0 fully saturated rings. The van der Waals surface area contributed by atoms with E-state index in [4.69, 9.17) is 5.84 Å². The molecule has 0 atom stereocenters. The second-order valence-corrected chi connectivity index (χ2v) is 5.81. The number of hydrazine groups is 1. The maximum absolute atomic E-state index is 13.4. The molecule has 2 aromatic rings. The highest BCUT2D eigenvalue weighted by molar-refractivity contribution is 7.92. The fourth-order valence-electron chi connectivity index (χ4n) is 1.74. The molecule has 0 saturated heterocycles. The largest absolute Gasteiger partial charge is 0.323 e. The first kappa shape index (κ1) is 14.3. The Morgan fingerprint density at radius 3 is 2.40 bits per heavy atom. The molecule has 0 radical (unpaired) electrons. The summed E-state index contributed by atoms with van der Waals surface area (Å²) in [5.74, 6) is 4.82. The highest BCUT2D eigenvalue weighted by atomic mass is 32.2. The van der Waals surface area contributed by atoms with Crippen LogP contribution in [0.2, 0.25) is 0 Å². The summed E-state index contributed by atoms with van der Waals surface area (Å²) >= 11 is 0. The van der Waals surface area contributed by atoms with Crippen LogP contribution in [0.3, 0.4) is 0 Å². The summed E-state index contributed by atoms with van der Waals surface area (Å²) in [6.07, 6.45) is 0. The Morgan fingerprint density at radius 2 is 1.70 bits per heavy atom. The number of hydrogen-bond acceptors (Lipinski definition) is 4. The average molecular weight is 295 g/mol. The first-order valence-electron chi connectivity index (χ1n) is 5.79. The van der Waals surface area contributed by atoms with Crippen molar-refractivity contribution in [2.75, 3.05) is 10.1 Å². The van der Waals surface area contributed by atoms with Crippen molar-refractivity contribution < 1.29 is 12.8 Å². The minimum atomic E-state index is -3.85. The van der Waals surface area contributed by atoms with Gasteiger partial charge in [-0.3, -0.25) is 10.6 Å². The van der Waals surface area contributed by atoms with Crippen LogP contribution in [-0.2, 0) is 10.0 Å². The molecule has 0 aliphatic rings. The minimum Gasteiger partial charge on any atom is -0.323 e. The van der Waals surface area contributed by atoms with Crippen molar-refractivity contribution in [3.05, 3.63) is 53.8 Å². The molecule has 0 amide bonds. The second kappa shape index (κ2) is 5.48. The number of rotatable bonds is 4. The topological polar surface area (TPSA) is 84.2 Å². The molecule has 4 N–H and O–H groups in total. The molecule has 0 spiro atoms. The Balaban J connectivity index is 2.44. The van der Waals surface area contributed by atoms with E-state index in [0.717, 1.165) is 0 Å². The van der Waals surface area contributed by atoms with Crippen molar-refractivity contribution in [2.24, 2.45) is 5.84 Å². The number of nitrogen functional groups attached to an aromatic ring is 1. The lowest BCUT2D eigenvalue weighted by molar-refractivity contribution is 0.601. The number of hydrogen-bond donors (Lipinski definition) is 3. The molecule has 0 aliphatic carbocycles. The molecular formula is C13H14FN3O2S. The Bertz CT molecular complexity index is 732. The molecule has 5 nitrogen and oxygen atoms in total. The van der Waals surface area contributed by atoms with Crippen LogP contribution in [-0.4, -0.2) is 8.42 Å². The van der Waals surface area contributed by atoms with E-state index < -0.39 is 15.8 Å². The summed E-state index contributed by atoms with van der Waals surface area (Å²) in [7, 11) is -3.85. The van der Waals surface area contributed by atoms with Crippen LogP contribution in [0.25, 0.3) is 0 Å². The molecule has 0 unspecified atom stereocenters. The third kappa shape index (κ3) is 2.73. The van der Waals surface area contributed by atoms with Gasteiger partial charge in [-0.15, -0.1) is 0 Å². The summed E-state index contributed by atoms with van der Waals surface area (Å²) in [6.45, 7) is 1.50. The van der Waals surface area contributed by atoms with Gasteiger partial charge in [0.05, 0.1) is 11.4 Å². The number of halogens is 1. The number of nitrogens with one attached hydrogen (secondary N) is 2. The number of anilines is 2. The lowest BCUT2D eigenvalue weighted by Crippen LogP contribution is -2.18. The third-order valence-electron chi connectivity index (χ3n) is 2.84. The van der Waals surface area contributed by atoms with Crippen molar-refractivity contribution in [3.8, 4) is 0 Å². The molecule has 2 aromatic carbocycles. The monoisotopic (exact) mass is 295 g/mol. The fraction of sp³-hybridized carbons (Fsp3) is 0.0769. The van der Waals surface area contributed by atoms with Crippen LogP contribution in [0, 0.1) is 12.7 Å². The minimum absolute atomic E-state index is 0.00818. The van der Waals surface area contributed by atoms with Crippen molar-refractivity contribution in [1.29, 1.82) is 0 Å². The molecule has 0 saturated carbocycles. The average Bonchev–Trinajstić information content (AvgIpc) is 2.43. The molecule has 7 heteroatoms. The van der Waals surface area contributed by atoms with Gasteiger partial charge in [-0.05, 0) is 31.2 Å². The second-order valence-electron chi connectivity index (χ2n) is 4.16. The maximum atomic E-state index is 13.4. The van der Waals surface area contributed by atoms with Crippen molar-refractivity contribution in [3.63, 3.8) is 0 Å². The predicted molar refractivity (Wildman–Crippen MR) is 76.2 cm³/mol. The number of para-hydroxylation sites is 1. The van der Waals surface area contributed by atoms with Crippen LogP contribution in [0.1, 0.15) is 5.56 Å². The van der Waals surface area contributed by atoms with Gasteiger partial charge in [0.1, 0.15) is 10.7 Å². The molecule has 20 heavy (non-hydrogen) atoms. The van der Waals surface area contributed by atoms with E-state index in [0.29, 0.717) is 0 Å². The van der Waals surface area contributed by atoms with E-state index in [1.807, 2.05) is 0 Å². The van der Waals surface area contributed by atoms with Crippen molar-refractivity contribution >= 4 is 21.4 Å². The summed E-state index contributed by atoms with van der Waals surface area (Å²) in [5.41, 5.74) is 3.00. The van der Waals surface area contributed by atoms with E-state index in [1.54, 1.807) is 12.1 Å². The smallest absolute Gasteiger partial charge is 0.264 e. The fourth-order valence-corrected chi connectivity index (χ4v) is 3.03. The predicted octanol–water partition coefficient (Wildman–Crippen LogP) is 2.22. The highest BCUT2D eigenvalue weighted by Gasteiger charge is 2.19. The van der Waals surface area contributed by atoms with Gasteiger partial charge in [0.25, 0.3) is 10.0 Å². The van der Waals surface area contributed by atoms with Crippen molar-refractivity contribution in [2.45, 2.75) is 11.8 Å². The third-order valence-corrected chi connectivity index (χ3v) is 4.27. The van der Waals surface area contributed by atoms with Gasteiger partial charge in [-0.25, -0.2) is 12.8 Å². The summed E-state index contributed by atoms with van der Waals surface area (Å²) in [4.78, 5) is -0.00818. The van der Waals surface area contributed by atoms with E-state index in [-0.39, 0.29) is 21.8 Å². The molecule has 106 valence electrons. The van der Waals surface area contributed by atoms with Crippen LogP contribution >= 0.6 is 0 Å². The van der Waals surface area contributed by atoms with E-state index in [2.05, 4.69) is 10.1 Å². The van der Waals surface area contributed by atoms with E-state index >= 15 is 0 Å². The summed E-state index contributed by atoms with van der Waals surface area (Å²) < 4.78 is 40.4. The molecular weight excluding hydrogens is 281 g/mol. The Hall–Kier alpha value is -2.12. The van der Waals surface area contributed by atoms with Gasteiger partial charge in [0.15, 0.2) is 0 Å². The highest BCUT2D eigenvalue weighted by Crippen LogP contribution is 2.25. The zero-order chi connectivity index (χ0) is 14.8. The Labute approximate surface area is 116 Å². The summed E-state index contributed by atoms with van der Waals surface area (Å²) in [6, 6.07) is 10.4. The van der Waals surface area contributed by atoms with E-state index in [9.17, 15) is 12.8 Å². The van der Waals surface area contributed by atoms with Gasteiger partial charge in [-0.1, -0.05) is 18.2 Å². The van der Waals surface area contributed by atoms with Gasteiger partial charge >= 0.3 is 0 Å². The van der Waals surface area contributed by atoms with Crippen LogP contribution in [0.5, 0.6) is 0 Å². The lowest BCUT2D eigenvalue weighted by atomic mass is 10.2. The van der Waals surface area contributed by atoms with Gasteiger partial charge < -0.3 is 5.43 Å². The zero-order valence-electron chi connectivity index (χ0n) is 10.7. The standard InChI is InChI=1S/C13H14FN3O2S/c1-9-10(14)5-4-7-11(9)17-20(18,19)13-8-3-2-6-12(13)16-15/h2-8,16-17H,15H2,1H3. The van der Waals surface area contributed by atoms with Crippen LogP contribution < -0.4 is 16.0 Å². The first-order chi connectivity index (χ1) is 9.45. The molecule has 2 rings (SSSR count). The zero-order valence-corrected chi connectivity index (χ0v) is 11.5. The van der Waals surface area contributed by atoms with Crippen LogP contribution in [0.4, 0.5) is 15.8 Å². The van der Waals surface area contributed by atoms with Gasteiger partial charge in [-0.2, -0.15) is 0 Å². The first-order valence-corrected chi connectivity index (χ1v) is 7.27. The SMILES string of the molecule is Cc1c(F)cccc1NS(=O)(=O)c1ccccc1NN. The number of nitrogens with two attached hydrogens (primary N) is 1. The number of benzene rings is 2. The number of sulfonamides is 1. The molecule has 0 aromatic heterocycles. The Morgan fingerprint density at radius 1 is 1.05 bits per heavy atom. The van der Waals surface area contributed by atoms with Gasteiger partial charge in [0, 0.05) is 5.56 Å². The Kier molecular flexibility index (Phi) is 3.91. The maximum Gasteiger partial charge on any atom is 0.264 e.